The normalized spacial score (nSPS) is 10.3. The SMILES string of the molecule is Cc1cc(C(=O)Nc2nnc(C)s2)no1. The van der Waals surface area contributed by atoms with Gasteiger partial charge in [0.1, 0.15) is 10.8 Å². The zero-order valence-corrected chi connectivity index (χ0v) is 8.96. The van der Waals surface area contributed by atoms with Crippen LogP contribution in [0.3, 0.4) is 0 Å². The molecular weight excluding hydrogens is 216 g/mol. The highest BCUT2D eigenvalue weighted by Gasteiger charge is 2.12. The van der Waals surface area contributed by atoms with Crippen molar-refractivity contribution in [1.82, 2.24) is 15.4 Å². The second-order valence-corrected chi connectivity index (χ2v) is 4.08. The molecule has 0 spiro atoms. The topological polar surface area (TPSA) is 80.9 Å². The Balaban J connectivity index is 2.10. The minimum Gasteiger partial charge on any atom is -0.361 e. The van der Waals surface area contributed by atoms with Gasteiger partial charge in [0.05, 0.1) is 0 Å². The summed E-state index contributed by atoms with van der Waals surface area (Å²) in [5.74, 6) is 0.247. The monoisotopic (exact) mass is 224 g/mol. The molecule has 15 heavy (non-hydrogen) atoms. The summed E-state index contributed by atoms with van der Waals surface area (Å²) in [6.07, 6.45) is 0. The average Bonchev–Trinajstić information content (AvgIpc) is 2.75. The van der Waals surface area contributed by atoms with Crippen LogP contribution in [0.25, 0.3) is 0 Å². The summed E-state index contributed by atoms with van der Waals surface area (Å²) in [6.45, 7) is 3.53. The molecule has 2 rings (SSSR count). The number of carbonyl (C=O) groups is 1. The maximum atomic E-state index is 11.5. The third-order valence-corrected chi connectivity index (χ3v) is 2.36. The van der Waals surface area contributed by atoms with Crippen LogP contribution in [0.2, 0.25) is 0 Å². The van der Waals surface area contributed by atoms with E-state index in [0.29, 0.717) is 10.9 Å². The summed E-state index contributed by atoms with van der Waals surface area (Å²) in [5, 5.41) is 15.0. The lowest BCUT2D eigenvalue weighted by molar-refractivity contribution is 0.101. The quantitative estimate of drug-likeness (QED) is 0.833. The lowest BCUT2D eigenvalue weighted by Gasteiger charge is -1.94. The van der Waals surface area contributed by atoms with Gasteiger partial charge in [-0.1, -0.05) is 16.5 Å². The van der Waals surface area contributed by atoms with Gasteiger partial charge in [0.15, 0.2) is 5.69 Å². The van der Waals surface area contributed by atoms with Crippen molar-refractivity contribution in [2.75, 3.05) is 5.32 Å². The van der Waals surface area contributed by atoms with Gasteiger partial charge in [0, 0.05) is 6.07 Å². The zero-order valence-electron chi connectivity index (χ0n) is 8.14. The first-order chi connectivity index (χ1) is 7.15. The molecule has 2 heterocycles. The fourth-order valence-electron chi connectivity index (χ4n) is 0.982. The highest BCUT2D eigenvalue weighted by Crippen LogP contribution is 2.14. The highest BCUT2D eigenvalue weighted by atomic mass is 32.1. The molecule has 0 aliphatic rings. The van der Waals surface area contributed by atoms with Crippen molar-refractivity contribution < 1.29 is 9.32 Å². The Bertz CT molecular complexity index is 490. The van der Waals surface area contributed by atoms with Crippen molar-refractivity contribution in [3.05, 3.63) is 22.5 Å². The van der Waals surface area contributed by atoms with Crippen molar-refractivity contribution in [2.24, 2.45) is 0 Å². The molecule has 0 fully saturated rings. The minimum absolute atomic E-state index is 0.236. The van der Waals surface area contributed by atoms with Crippen LogP contribution in [-0.4, -0.2) is 21.3 Å². The van der Waals surface area contributed by atoms with Gasteiger partial charge in [-0.15, -0.1) is 10.2 Å². The molecule has 1 amide bonds. The van der Waals surface area contributed by atoms with E-state index in [0.717, 1.165) is 5.01 Å². The Morgan fingerprint density at radius 2 is 2.27 bits per heavy atom. The highest BCUT2D eigenvalue weighted by molar-refractivity contribution is 7.15. The number of aromatic nitrogens is 3. The maximum absolute atomic E-state index is 11.5. The van der Waals surface area contributed by atoms with Crippen molar-refractivity contribution in [1.29, 1.82) is 0 Å². The molecule has 0 aliphatic carbocycles. The molecule has 0 unspecified atom stereocenters. The molecule has 0 atom stereocenters. The number of rotatable bonds is 2. The third-order valence-electron chi connectivity index (χ3n) is 1.61. The van der Waals surface area contributed by atoms with Crippen molar-refractivity contribution in [3.8, 4) is 0 Å². The van der Waals surface area contributed by atoms with E-state index in [9.17, 15) is 4.79 Å². The first-order valence-corrected chi connectivity index (χ1v) is 5.01. The van der Waals surface area contributed by atoms with E-state index in [-0.39, 0.29) is 11.6 Å². The summed E-state index contributed by atoms with van der Waals surface area (Å²) in [4.78, 5) is 11.5. The fraction of sp³-hybridized carbons (Fsp3) is 0.250. The number of amides is 1. The summed E-state index contributed by atoms with van der Waals surface area (Å²) in [7, 11) is 0. The van der Waals surface area contributed by atoms with Gasteiger partial charge in [0.2, 0.25) is 5.13 Å². The lowest BCUT2D eigenvalue weighted by Crippen LogP contribution is -2.11. The van der Waals surface area contributed by atoms with Crippen LogP contribution in [-0.2, 0) is 0 Å². The van der Waals surface area contributed by atoms with Crippen LogP contribution >= 0.6 is 11.3 Å². The largest absolute Gasteiger partial charge is 0.361 e. The van der Waals surface area contributed by atoms with Gasteiger partial charge in [0.25, 0.3) is 5.91 Å². The van der Waals surface area contributed by atoms with E-state index in [1.165, 1.54) is 11.3 Å². The minimum atomic E-state index is -0.344. The average molecular weight is 224 g/mol. The van der Waals surface area contributed by atoms with Gasteiger partial charge < -0.3 is 4.52 Å². The van der Waals surface area contributed by atoms with Gasteiger partial charge in [-0.2, -0.15) is 0 Å². The molecular formula is C8H8N4O2S. The Morgan fingerprint density at radius 1 is 1.47 bits per heavy atom. The van der Waals surface area contributed by atoms with Gasteiger partial charge >= 0.3 is 0 Å². The number of hydrogen-bond acceptors (Lipinski definition) is 6. The van der Waals surface area contributed by atoms with Gasteiger partial charge in [-0.3, -0.25) is 10.1 Å². The van der Waals surface area contributed by atoms with Crippen LogP contribution in [0.15, 0.2) is 10.6 Å². The smallest absolute Gasteiger partial charge is 0.279 e. The molecule has 0 aliphatic heterocycles. The van der Waals surface area contributed by atoms with E-state index in [1.807, 2.05) is 6.92 Å². The van der Waals surface area contributed by atoms with Gasteiger partial charge in [-0.25, -0.2) is 0 Å². The Hall–Kier alpha value is -1.76. The summed E-state index contributed by atoms with van der Waals surface area (Å²) >= 11 is 1.30. The van der Waals surface area contributed by atoms with Crippen molar-refractivity contribution >= 4 is 22.4 Å². The second kappa shape index (κ2) is 3.77. The van der Waals surface area contributed by atoms with E-state index < -0.39 is 0 Å². The number of nitrogens with one attached hydrogen (secondary N) is 1. The van der Waals surface area contributed by atoms with Crippen molar-refractivity contribution in [2.45, 2.75) is 13.8 Å². The van der Waals surface area contributed by atoms with E-state index >= 15 is 0 Å². The molecule has 6 nitrogen and oxygen atoms in total. The number of nitrogens with zero attached hydrogens (tertiary/aromatic N) is 3. The predicted octanol–water partition coefficient (Wildman–Crippen LogP) is 1.40. The third kappa shape index (κ3) is 2.18. The predicted molar refractivity (Wildman–Crippen MR) is 53.8 cm³/mol. The molecule has 7 heteroatoms. The van der Waals surface area contributed by atoms with E-state index in [2.05, 4.69) is 20.7 Å². The first-order valence-electron chi connectivity index (χ1n) is 4.20. The van der Waals surface area contributed by atoms with Crippen LogP contribution in [0, 0.1) is 13.8 Å². The Morgan fingerprint density at radius 3 is 2.80 bits per heavy atom. The molecule has 0 saturated carbocycles. The summed E-state index contributed by atoms with van der Waals surface area (Å²) in [5.41, 5.74) is 0.236. The number of hydrogen-bond donors (Lipinski definition) is 1. The molecule has 1 N–H and O–H groups in total. The Kier molecular flexibility index (Phi) is 2.46. The van der Waals surface area contributed by atoms with Crippen molar-refractivity contribution in [3.63, 3.8) is 0 Å². The molecule has 0 saturated heterocycles. The second-order valence-electron chi connectivity index (χ2n) is 2.90. The standard InChI is InChI=1S/C8H8N4O2S/c1-4-3-6(12-14-4)7(13)9-8-11-10-5(2)15-8/h3H,1-2H3,(H,9,11,13). The van der Waals surface area contributed by atoms with Crippen LogP contribution in [0.4, 0.5) is 5.13 Å². The zero-order chi connectivity index (χ0) is 10.8. The van der Waals surface area contributed by atoms with Crippen LogP contribution in [0.5, 0.6) is 0 Å². The van der Waals surface area contributed by atoms with Crippen LogP contribution in [0.1, 0.15) is 21.3 Å². The summed E-state index contributed by atoms with van der Waals surface area (Å²) in [6, 6.07) is 1.56. The summed E-state index contributed by atoms with van der Waals surface area (Å²) < 4.78 is 4.79. The number of aryl methyl sites for hydroxylation is 2. The Labute approximate surface area is 89.3 Å². The lowest BCUT2D eigenvalue weighted by atomic mass is 10.4. The molecule has 78 valence electrons. The van der Waals surface area contributed by atoms with Crippen LogP contribution < -0.4 is 5.32 Å². The first kappa shape index (κ1) is 9.78. The molecule has 0 aromatic carbocycles. The molecule has 0 radical (unpaired) electrons. The van der Waals surface area contributed by atoms with Gasteiger partial charge in [-0.05, 0) is 13.8 Å². The molecule has 2 aromatic rings. The van der Waals surface area contributed by atoms with E-state index in [4.69, 9.17) is 4.52 Å². The fourth-order valence-corrected chi connectivity index (χ4v) is 1.57. The molecule has 2 aromatic heterocycles. The maximum Gasteiger partial charge on any atom is 0.279 e. The number of anilines is 1. The number of carbonyl (C=O) groups excluding carboxylic acids is 1. The van der Waals surface area contributed by atoms with E-state index in [1.54, 1.807) is 13.0 Å². The molecule has 0 bridgehead atoms.